The molecule has 0 atom stereocenters. The largest absolute Gasteiger partial charge is 0.336 e. The molecule has 1 N–H and O–H groups in total. The molecule has 0 unspecified atom stereocenters. The third-order valence-corrected chi connectivity index (χ3v) is 7.97. The highest BCUT2D eigenvalue weighted by molar-refractivity contribution is 7.89. The van der Waals surface area contributed by atoms with Gasteiger partial charge in [-0.2, -0.15) is 0 Å². The van der Waals surface area contributed by atoms with E-state index >= 15 is 0 Å². The number of pyridine rings is 1. The van der Waals surface area contributed by atoms with Crippen LogP contribution in [0.25, 0.3) is 10.9 Å². The first-order valence-electron chi connectivity index (χ1n) is 12.0. The zero-order valence-electron chi connectivity index (χ0n) is 20.9. The van der Waals surface area contributed by atoms with Gasteiger partial charge < -0.3 is 4.90 Å². The molecular weight excluding hydrogens is 527 g/mol. The van der Waals surface area contributed by atoms with E-state index in [1.807, 2.05) is 0 Å². The van der Waals surface area contributed by atoms with E-state index in [4.69, 9.17) is 11.6 Å². The summed E-state index contributed by atoms with van der Waals surface area (Å²) in [6, 6.07) is 13.2. The molecule has 0 radical (unpaired) electrons. The average Bonchev–Trinajstić information content (AvgIpc) is 2.91. The maximum atomic E-state index is 13.7. The third kappa shape index (κ3) is 6.48. The summed E-state index contributed by atoms with van der Waals surface area (Å²) in [7, 11) is -3.93. The fraction of sp³-hybridized carbons (Fsp3) is 0.214. The van der Waals surface area contributed by atoms with Gasteiger partial charge in [0.05, 0.1) is 10.5 Å². The average molecular weight is 555 g/mol. The maximum Gasteiger partial charge on any atom is 0.264 e. The van der Waals surface area contributed by atoms with E-state index in [0.29, 0.717) is 49.2 Å². The summed E-state index contributed by atoms with van der Waals surface area (Å²) in [5, 5.41) is 0.802. The molecule has 0 saturated carbocycles. The number of aromatic nitrogens is 1. The smallest absolute Gasteiger partial charge is 0.264 e. The minimum Gasteiger partial charge on any atom is -0.336 e. The van der Waals surface area contributed by atoms with Gasteiger partial charge in [-0.15, -0.1) is 0 Å². The Hall–Kier alpha value is -3.53. The predicted molar refractivity (Wildman–Crippen MR) is 147 cm³/mol. The van der Waals surface area contributed by atoms with Gasteiger partial charge in [0.25, 0.3) is 15.9 Å². The highest BCUT2D eigenvalue weighted by Crippen LogP contribution is 2.21. The zero-order chi connectivity index (χ0) is 27.3. The fourth-order valence-corrected chi connectivity index (χ4v) is 5.55. The normalized spacial score (nSPS) is 15.2. The van der Waals surface area contributed by atoms with E-state index in [2.05, 4.69) is 21.2 Å². The van der Waals surface area contributed by atoms with Crippen LogP contribution in [-0.2, 0) is 21.4 Å². The van der Waals surface area contributed by atoms with Crippen LogP contribution >= 0.6 is 11.6 Å². The highest BCUT2D eigenvalue weighted by Gasteiger charge is 2.23. The molecule has 2 aromatic carbocycles. The van der Waals surface area contributed by atoms with Crippen molar-refractivity contribution in [2.45, 2.75) is 18.4 Å². The molecule has 1 aliphatic rings. The molecule has 2 heterocycles. The quantitative estimate of drug-likeness (QED) is 0.323. The molecule has 1 amide bonds. The molecule has 7 nitrogen and oxygen atoms in total. The van der Waals surface area contributed by atoms with Crippen LogP contribution in [0.1, 0.15) is 12.5 Å². The van der Waals surface area contributed by atoms with Crippen LogP contribution in [0.3, 0.4) is 0 Å². The molecular formula is C28H28ClFN4O3S. The Bertz CT molecular complexity index is 1520. The molecule has 198 valence electrons. The number of allylic oxidation sites excluding steroid dienone is 2. The summed E-state index contributed by atoms with van der Waals surface area (Å²) in [6.45, 7) is 8.42. The molecule has 1 saturated heterocycles. The van der Waals surface area contributed by atoms with Crippen molar-refractivity contribution in [1.82, 2.24) is 19.5 Å². The second kappa shape index (κ2) is 11.9. The number of halogens is 2. The number of carbonyl (C=O) groups is 1. The van der Waals surface area contributed by atoms with Gasteiger partial charge in [0.1, 0.15) is 10.7 Å². The third-order valence-electron chi connectivity index (χ3n) is 6.22. The lowest BCUT2D eigenvalue weighted by Crippen LogP contribution is -2.48. The minimum atomic E-state index is -3.93. The predicted octanol–water partition coefficient (Wildman–Crippen LogP) is 4.67. The van der Waals surface area contributed by atoms with Crippen molar-refractivity contribution in [2.75, 3.05) is 26.2 Å². The van der Waals surface area contributed by atoms with Gasteiger partial charge >= 0.3 is 0 Å². The number of benzene rings is 2. The Morgan fingerprint density at radius 2 is 1.87 bits per heavy atom. The summed E-state index contributed by atoms with van der Waals surface area (Å²) in [6.07, 6.45) is 6.24. The van der Waals surface area contributed by atoms with Crippen molar-refractivity contribution < 1.29 is 17.6 Å². The van der Waals surface area contributed by atoms with E-state index in [1.54, 1.807) is 60.4 Å². The topological polar surface area (TPSA) is 82.6 Å². The number of carbonyl (C=O) groups excluding carboxylic acids is 1. The van der Waals surface area contributed by atoms with Gasteiger partial charge in [0.15, 0.2) is 0 Å². The van der Waals surface area contributed by atoms with E-state index in [-0.39, 0.29) is 21.5 Å². The fourth-order valence-electron chi connectivity index (χ4n) is 4.22. The van der Waals surface area contributed by atoms with Crippen LogP contribution in [0.15, 0.2) is 95.7 Å². The number of para-hydroxylation sites is 1. The number of hydrogen-bond donors (Lipinski definition) is 1. The van der Waals surface area contributed by atoms with Crippen molar-refractivity contribution in [3.63, 3.8) is 0 Å². The lowest BCUT2D eigenvalue weighted by molar-refractivity contribution is -0.128. The van der Waals surface area contributed by atoms with Crippen molar-refractivity contribution >= 4 is 38.4 Å². The Morgan fingerprint density at radius 1 is 1.13 bits per heavy atom. The number of fused-ring (bicyclic) bond motifs is 1. The SMILES string of the molecule is C=C(/C=C\C(=C/C)C(=O)N1CCN(Cc2ccc(Cl)c(F)c2)CC1)NS(=O)(=O)c1cccc2cccnc12. The Labute approximate surface area is 227 Å². The maximum absolute atomic E-state index is 13.7. The number of piperazine rings is 1. The van der Waals surface area contributed by atoms with Crippen molar-refractivity contribution in [2.24, 2.45) is 0 Å². The van der Waals surface area contributed by atoms with E-state index in [1.165, 1.54) is 24.4 Å². The van der Waals surface area contributed by atoms with Crippen molar-refractivity contribution in [3.05, 3.63) is 107 Å². The van der Waals surface area contributed by atoms with E-state index < -0.39 is 15.8 Å². The number of hydrogen-bond acceptors (Lipinski definition) is 5. The van der Waals surface area contributed by atoms with Gasteiger partial charge in [-0.25, -0.2) is 12.8 Å². The number of nitrogens with one attached hydrogen (secondary N) is 1. The molecule has 0 bridgehead atoms. The molecule has 10 heteroatoms. The Balaban J connectivity index is 1.34. The van der Waals surface area contributed by atoms with Crippen LogP contribution in [0.4, 0.5) is 4.39 Å². The first-order chi connectivity index (χ1) is 18.2. The number of amides is 1. The van der Waals surface area contributed by atoms with Crippen LogP contribution in [-0.4, -0.2) is 55.3 Å². The second-order valence-corrected chi connectivity index (χ2v) is 10.9. The molecule has 0 aliphatic carbocycles. The molecule has 1 fully saturated rings. The molecule has 3 aromatic rings. The first-order valence-corrected chi connectivity index (χ1v) is 13.9. The molecule has 38 heavy (non-hydrogen) atoms. The summed E-state index contributed by atoms with van der Waals surface area (Å²) in [5.74, 6) is -0.602. The van der Waals surface area contributed by atoms with E-state index in [0.717, 1.165) is 5.56 Å². The van der Waals surface area contributed by atoms with Gasteiger partial charge in [-0.3, -0.25) is 19.4 Å². The van der Waals surface area contributed by atoms with Crippen molar-refractivity contribution in [1.29, 1.82) is 0 Å². The Kier molecular flexibility index (Phi) is 8.61. The Morgan fingerprint density at radius 3 is 2.58 bits per heavy atom. The van der Waals surface area contributed by atoms with Crippen LogP contribution in [0.2, 0.25) is 5.02 Å². The molecule has 1 aromatic heterocycles. The van der Waals surface area contributed by atoms with Crippen molar-refractivity contribution in [3.8, 4) is 0 Å². The summed E-state index contributed by atoms with van der Waals surface area (Å²) >= 11 is 5.76. The molecule has 0 spiro atoms. The van der Waals surface area contributed by atoms with Crippen LogP contribution in [0, 0.1) is 5.82 Å². The molecule has 4 rings (SSSR count). The number of nitrogens with zero attached hydrogens (tertiary/aromatic N) is 3. The monoisotopic (exact) mass is 554 g/mol. The van der Waals surface area contributed by atoms with Gasteiger partial charge in [-0.05, 0) is 48.9 Å². The zero-order valence-corrected chi connectivity index (χ0v) is 22.5. The summed E-state index contributed by atoms with van der Waals surface area (Å²) < 4.78 is 42.2. The lowest BCUT2D eigenvalue weighted by Gasteiger charge is -2.35. The van der Waals surface area contributed by atoms with Crippen LogP contribution in [0.5, 0.6) is 0 Å². The lowest BCUT2D eigenvalue weighted by atomic mass is 10.1. The summed E-state index contributed by atoms with van der Waals surface area (Å²) in [5.41, 5.74) is 1.73. The molecule has 1 aliphatic heterocycles. The first kappa shape index (κ1) is 27.5. The second-order valence-electron chi connectivity index (χ2n) is 8.86. The summed E-state index contributed by atoms with van der Waals surface area (Å²) in [4.78, 5) is 21.2. The van der Waals surface area contributed by atoms with Gasteiger partial charge in [0, 0.05) is 55.6 Å². The van der Waals surface area contributed by atoms with Gasteiger partial charge in [0.2, 0.25) is 0 Å². The van der Waals surface area contributed by atoms with Gasteiger partial charge in [-0.1, -0.05) is 48.5 Å². The number of sulfonamides is 1. The highest BCUT2D eigenvalue weighted by atomic mass is 35.5. The van der Waals surface area contributed by atoms with E-state index in [9.17, 15) is 17.6 Å². The van der Waals surface area contributed by atoms with Crippen LogP contribution < -0.4 is 4.72 Å². The minimum absolute atomic E-state index is 0.0479. The number of rotatable bonds is 8. The standard InChI is InChI=1S/C28H28ClFN4O3S/c1-3-22(28(35)34-16-14-33(15-17-34)19-21-10-12-24(29)25(30)18-21)11-9-20(2)32-38(36,37)26-8-4-6-23-7-5-13-31-27(23)26/h3-13,18,32H,2,14-17,19H2,1H3/b11-9-,22-3+.